The van der Waals surface area contributed by atoms with Crippen LogP contribution in [0.4, 0.5) is 0 Å². The maximum Gasteiger partial charge on any atom is 0.328 e. The first-order chi connectivity index (χ1) is 15.5. The first-order valence-electron chi connectivity index (χ1n) is 10.3. The van der Waals surface area contributed by atoms with Crippen LogP contribution in [-0.2, 0) is 25.6 Å². The van der Waals surface area contributed by atoms with Gasteiger partial charge in [-0.2, -0.15) is 0 Å². The van der Waals surface area contributed by atoms with E-state index >= 15 is 0 Å². The van der Waals surface area contributed by atoms with Gasteiger partial charge in [-0.25, -0.2) is 4.79 Å². The van der Waals surface area contributed by atoms with E-state index in [1.807, 2.05) is 24.3 Å². The number of aromatic amines is 1. The van der Waals surface area contributed by atoms with E-state index < -0.39 is 60.6 Å². The van der Waals surface area contributed by atoms with E-state index in [-0.39, 0.29) is 6.42 Å². The number of aliphatic carboxylic acids is 1. The van der Waals surface area contributed by atoms with Crippen LogP contribution >= 0.6 is 0 Å². The van der Waals surface area contributed by atoms with E-state index in [1.54, 1.807) is 6.20 Å². The molecule has 0 aliphatic carbocycles. The van der Waals surface area contributed by atoms with Crippen molar-refractivity contribution in [3.63, 3.8) is 0 Å². The smallest absolute Gasteiger partial charge is 0.328 e. The molecule has 2 rings (SSSR count). The summed E-state index contributed by atoms with van der Waals surface area (Å²) in [5.74, 6) is -3.85. The van der Waals surface area contributed by atoms with Crippen LogP contribution in [0.1, 0.15) is 19.4 Å². The molecule has 0 aliphatic rings. The minimum Gasteiger partial charge on any atom is -0.480 e. The molecule has 0 bridgehead atoms. The number of nitrogens with one attached hydrogen (secondary N) is 4. The van der Waals surface area contributed by atoms with Crippen LogP contribution < -0.4 is 21.7 Å². The van der Waals surface area contributed by atoms with Gasteiger partial charge in [0.2, 0.25) is 17.7 Å². The van der Waals surface area contributed by atoms with E-state index in [0.29, 0.717) is 0 Å². The van der Waals surface area contributed by atoms with Gasteiger partial charge in [-0.1, -0.05) is 18.2 Å². The molecule has 0 spiro atoms. The van der Waals surface area contributed by atoms with Crippen LogP contribution in [-0.4, -0.2) is 80.9 Å². The third-order valence-corrected chi connectivity index (χ3v) is 5.06. The zero-order valence-corrected chi connectivity index (χ0v) is 18.2. The Morgan fingerprint density at radius 1 is 1.03 bits per heavy atom. The normalized spacial score (nSPS) is 15.7. The summed E-state index contributed by atoms with van der Waals surface area (Å²) in [5.41, 5.74) is 7.72. The Labute approximate surface area is 189 Å². The van der Waals surface area contributed by atoms with Crippen molar-refractivity contribution in [3.8, 4) is 0 Å². The molecule has 1 aromatic carbocycles. The highest BCUT2D eigenvalue weighted by molar-refractivity contribution is 5.94. The van der Waals surface area contributed by atoms with E-state index in [2.05, 4.69) is 20.9 Å². The summed E-state index contributed by atoms with van der Waals surface area (Å²) in [4.78, 5) is 51.2. The fourth-order valence-electron chi connectivity index (χ4n) is 3.15. The van der Waals surface area contributed by atoms with Crippen LogP contribution in [0.15, 0.2) is 30.5 Å². The number of amides is 3. The number of aliphatic hydroxyl groups is 2. The van der Waals surface area contributed by atoms with Gasteiger partial charge in [0.15, 0.2) is 0 Å². The molecule has 9 N–H and O–H groups in total. The Morgan fingerprint density at radius 3 is 2.30 bits per heavy atom. The summed E-state index contributed by atoms with van der Waals surface area (Å²) in [6, 6.07) is 2.33. The highest BCUT2D eigenvalue weighted by Crippen LogP contribution is 2.18. The van der Waals surface area contributed by atoms with Gasteiger partial charge in [0.25, 0.3) is 0 Å². The predicted molar refractivity (Wildman–Crippen MR) is 118 cm³/mol. The molecule has 0 radical (unpaired) electrons. The van der Waals surface area contributed by atoms with Crippen LogP contribution in [0, 0.1) is 0 Å². The van der Waals surface area contributed by atoms with Crippen molar-refractivity contribution in [2.45, 2.75) is 50.5 Å². The number of aliphatic hydroxyl groups excluding tert-OH is 2. The number of benzene rings is 1. The fraction of sp³-hybridized carbons (Fsp3) is 0.429. The first kappa shape index (κ1) is 25.8. The van der Waals surface area contributed by atoms with Crippen LogP contribution in [0.25, 0.3) is 10.9 Å². The van der Waals surface area contributed by atoms with Gasteiger partial charge < -0.3 is 42.0 Å². The number of carboxylic acids is 1. The van der Waals surface area contributed by atoms with Crippen molar-refractivity contribution in [1.29, 1.82) is 0 Å². The number of hydrogen-bond acceptors (Lipinski definition) is 7. The summed E-state index contributed by atoms with van der Waals surface area (Å²) in [6.07, 6.45) is 0.613. The monoisotopic (exact) mass is 463 g/mol. The lowest BCUT2D eigenvalue weighted by Gasteiger charge is -2.25. The molecule has 0 saturated heterocycles. The second-order valence-corrected chi connectivity index (χ2v) is 7.71. The number of H-pyrrole nitrogens is 1. The topological polar surface area (TPSA) is 207 Å². The number of carbonyl (C=O) groups excluding carboxylic acids is 3. The highest BCUT2D eigenvalue weighted by atomic mass is 16.4. The van der Waals surface area contributed by atoms with Gasteiger partial charge in [-0.3, -0.25) is 14.4 Å². The van der Waals surface area contributed by atoms with E-state index in [9.17, 15) is 24.3 Å². The molecule has 12 heteroatoms. The lowest BCUT2D eigenvalue weighted by molar-refractivity contribution is -0.143. The number of carboxylic acid groups (broad SMARTS) is 1. The largest absolute Gasteiger partial charge is 0.480 e. The Morgan fingerprint density at radius 2 is 1.70 bits per heavy atom. The molecule has 1 aromatic heterocycles. The number of para-hydroxylation sites is 1. The Balaban J connectivity index is 1.99. The molecule has 5 atom stereocenters. The number of hydrogen-bond donors (Lipinski definition) is 8. The summed E-state index contributed by atoms with van der Waals surface area (Å²) in [5, 5.41) is 35.5. The van der Waals surface area contributed by atoms with Gasteiger partial charge in [-0.15, -0.1) is 0 Å². The van der Waals surface area contributed by atoms with Crippen molar-refractivity contribution < 1.29 is 34.5 Å². The highest BCUT2D eigenvalue weighted by Gasteiger charge is 2.31. The van der Waals surface area contributed by atoms with Crippen molar-refractivity contribution in [3.05, 3.63) is 36.0 Å². The van der Waals surface area contributed by atoms with Crippen molar-refractivity contribution in [2.24, 2.45) is 5.73 Å². The maximum atomic E-state index is 12.6. The first-order valence-corrected chi connectivity index (χ1v) is 10.3. The molecular formula is C21H29N5O7. The second-order valence-electron chi connectivity index (χ2n) is 7.71. The Hall–Kier alpha value is -3.48. The lowest BCUT2D eigenvalue weighted by atomic mass is 10.0. The number of fused-ring (bicyclic) bond motifs is 1. The third kappa shape index (κ3) is 6.75. The van der Waals surface area contributed by atoms with Crippen LogP contribution in [0.5, 0.6) is 0 Å². The standard InChI is InChI=1S/C21H29N5O7/c1-10(18(29)25-16(9-27)21(32)33)24-20(31)17(11(2)28)26-19(30)14(22)7-12-8-23-15-6-4-3-5-13(12)15/h3-6,8,10-11,14,16-17,23,27-28H,7,9,22H2,1-2H3,(H,24,31)(H,25,29)(H,26,30)(H,32,33). The number of nitrogens with two attached hydrogens (primary N) is 1. The van der Waals surface area contributed by atoms with Crippen molar-refractivity contribution in [1.82, 2.24) is 20.9 Å². The summed E-state index contributed by atoms with van der Waals surface area (Å²) in [6.45, 7) is 1.74. The third-order valence-electron chi connectivity index (χ3n) is 5.06. The van der Waals surface area contributed by atoms with E-state index in [1.165, 1.54) is 13.8 Å². The fourth-order valence-corrected chi connectivity index (χ4v) is 3.15. The molecule has 1 heterocycles. The molecular weight excluding hydrogens is 434 g/mol. The molecule has 180 valence electrons. The number of aromatic nitrogens is 1. The molecule has 3 amide bonds. The predicted octanol–water partition coefficient (Wildman–Crippen LogP) is -2.03. The summed E-state index contributed by atoms with van der Waals surface area (Å²) < 4.78 is 0. The zero-order valence-electron chi connectivity index (χ0n) is 18.2. The van der Waals surface area contributed by atoms with Gasteiger partial charge >= 0.3 is 5.97 Å². The van der Waals surface area contributed by atoms with Gasteiger partial charge in [0.05, 0.1) is 18.8 Å². The molecule has 12 nitrogen and oxygen atoms in total. The molecule has 0 aliphatic heterocycles. The van der Waals surface area contributed by atoms with E-state index in [4.69, 9.17) is 15.9 Å². The Bertz CT molecular complexity index is 1010. The molecule has 2 aromatic rings. The van der Waals surface area contributed by atoms with Crippen molar-refractivity contribution in [2.75, 3.05) is 6.61 Å². The van der Waals surface area contributed by atoms with Gasteiger partial charge in [0.1, 0.15) is 18.1 Å². The summed E-state index contributed by atoms with van der Waals surface area (Å²) in [7, 11) is 0. The number of carbonyl (C=O) groups is 4. The lowest BCUT2D eigenvalue weighted by Crippen LogP contribution is -2.59. The minimum absolute atomic E-state index is 0.181. The molecule has 33 heavy (non-hydrogen) atoms. The average Bonchev–Trinajstić information content (AvgIpc) is 3.17. The summed E-state index contributed by atoms with van der Waals surface area (Å²) >= 11 is 0. The molecule has 5 unspecified atom stereocenters. The van der Waals surface area contributed by atoms with Crippen LogP contribution in [0.3, 0.4) is 0 Å². The molecule has 0 saturated carbocycles. The zero-order chi connectivity index (χ0) is 24.7. The van der Waals surface area contributed by atoms with Crippen molar-refractivity contribution >= 4 is 34.6 Å². The Kier molecular flexibility index (Phi) is 8.91. The van der Waals surface area contributed by atoms with Crippen LogP contribution in [0.2, 0.25) is 0 Å². The molecule has 0 fully saturated rings. The SMILES string of the molecule is CC(NC(=O)C(NC(=O)C(N)Cc1c[nH]c2ccccc12)C(C)O)C(=O)NC(CO)C(=O)O. The maximum absolute atomic E-state index is 12.6. The number of rotatable bonds is 11. The second kappa shape index (κ2) is 11.4. The van der Waals surface area contributed by atoms with E-state index in [0.717, 1.165) is 16.5 Å². The van der Waals surface area contributed by atoms with Gasteiger partial charge in [0, 0.05) is 17.1 Å². The quantitative estimate of drug-likeness (QED) is 0.186. The average molecular weight is 463 g/mol. The minimum atomic E-state index is -1.54. The van der Waals surface area contributed by atoms with Gasteiger partial charge in [-0.05, 0) is 31.9 Å².